The fraction of sp³-hybridized carbons (Fsp3) is 1.00. The second-order valence-corrected chi connectivity index (χ2v) is 8.51. The first-order valence-electron chi connectivity index (χ1n) is 9.25. The first kappa shape index (κ1) is 17.3. The molecule has 2 aliphatic heterocycles. The van der Waals surface area contributed by atoms with Crippen molar-refractivity contribution < 1.29 is 0 Å². The van der Waals surface area contributed by atoms with Crippen LogP contribution < -0.4 is 0 Å². The summed E-state index contributed by atoms with van der Waals surface area (Å²) < 4.78 is 0. The van der Waals surface area contributed by atoms with Gasteiger partial charge in [-0.2, -0.15) is 0 Å². The van der Waals surface area contributed by atoms with Gasteiger partial charge in [0.15, 0.2) is 0 Å². The average Bonchev–Trinajstić information content (AvgIpc) is 2.42. The van der Waals surface area contributed by atoms with Crippen LogP contribution in [0, 0.1) is 23.7 Å². The van der Waals surface area contributed by atoms with E-state index in [0.717, 1.165) is 30.3 Å². The molecule has 0 radical (unpaired) electrons. The van der Waals surface area contributed by atoms with Crippen molar-refractivity contribution in [1.29, 1.82) is 0 Å². The van der Waals surface area contributed by atoms with Gasteiger partial charge in [0.05, 0.1) is 6.67 Å². The van der Waals surface area contributed by atoms with Crippen molar-refractivity contribution in [2.45, 2.75) is 92.4 Å². The van der Waals surface area contributed by atoms with Gasteiger partial charge in [0, 0.05) is 24.2 Å². The lowest BCUT2D eigenvalue weighted by Gasteiger charge is -2.53. The van der Waals surface area contributed by atoms with E-state index >= 15 is 0 Å². The average molecular weight is 295 g/mol. The number of rotatable bonds is 2. The van der Waals surface area contributed by atoms with E-state index in [0.29, 0.717) is 24.2 Å². The monoisotopic (exact) mass is 294 g/mol. The predicted octanol–water partition coefficient (Wildman–Crippen LogP) is 4.45. The smallest absolute Gasteiger partial charge is 0.0516 e. The fourth-order valence-corrected chi connectivity index (χ4v) is 4.71. The number of likely N-dealkylation sites (tertiary alicyclic amines) is 2. The first-order valence-corrected chi connectivity index (χ1v) is 9.25. The summed E-state index contributed by atoms with van der Waals surface area (Å²) in [4.78, 5) is 5.58. The summed E-state index contributed by atoms with van der Waals surface area (Å²) >= 11 is 0. The van der Waals surface area contributed by atoms with Gasteiger partial charge in [0.25, 0.3) is 0 Å². The third-order valence-electron chi connectivity index (χ3n) is 7.20. The molecule has 2 aliphatic rings. The summed E-state index contributed by atoms with van der Waals surface area (Å²) in [5, 5.41) is 0. The minimum absolute atomic E-state index is 0.711. The Kier molecular flexibility index (Phi) is 5.41. The molecule has 0 N–H and O–H groups in total. The van der Waals surface area contributed by atoms with Crippen LogP contribution in [-0.4, -0.2) is 40.6 Å². The second-order valence-electron chi connectivity index (χ2n) is 8.51. The predicted molar refractivity (Wildman–Crippen MR) is 92.3 cm³/mol. The molecule has 0 aromatic rings. The summed E-state index contributed by atoms with van der Waals surface area (Å²) in [7, 11) is 0. The lowest BCUT2D eigenvalue weighted by molar-refractivity contribution is -0.0690. The number of nitrogens with zero attached hydrogens (tertiary/aromatic N) is 2. The zero-order chi connectivity index (χ0) is 15.9. The van der Waals surface area contributed by atoms with Crippen molar-refractivity contribution in [2.75, 3.05) is 6.67 Å². The van der Waals surface area contributed by atoms with Gasteiger partial charge in [-0.25, -0.2) is 0 Å². The standard InChI is InChI=1S/C19H38N2/c1-12-9-13(2)17(6)20(16(12)5)11-21-18(7)14(3)10-15(4)19(21)8/h12-19H,9-11H2,1-8H3/t12-,13?,14-,15?,16?,17+,18?,19+/m1/s1. The first-order chi connectivity index (χ1) is 9.73. The van der Waals surface area contributed by atoms with E-state index in [9.17, 15) is 0 Å². The highest BCUT2D eigenvalue weighted by atomic mass is 15.4. The van der Waals surface area contributed by atoms with Crippen LogP contribution in [0.2, 0.25) is 0 Å². The summed E-state index contributed by atoms with van der Waals surface area (Å²) in [6.45, 7) is 20.7. The topological polar surface area (TPSA) is 6.48 Å². The number of hydrogen-bond donors (Lipinski definition) is 0. The Morgan fingerprint density at radius 3 is 1.00 bits per heavy atom. The van der Waals surface area contributed by atoms with Crippen molar-refractivity contribution in [3.05, 3.63) is 0 Å². The Morgan fingerprint density at radius 2 is 0.762 bits per heavy atom. The lowest BCUT2D eigenvalue weighted by atomic mass is 9.80. The van der Waals surface area contributed by atoms with Crippen LogP contribution in [0.4, 0.5) is 0 Å². The van der Waals surface area contributed by atoms with Gasteiger partial charge in [0.1, 0.15) is 0 Å². The molecule has 0 aromatic carbocycles. The Balaban J connectivity index is 2.13. The van der Waals surface area contributed by atoms with Gasteiger partial charge >= 0.3 is 0 Å². The zero-order valence-corrected chi connectivity index (χ0v) is 15.6. The molecule has 0 amide bonds. The molecule has 2 fully saturated rings. The molecular formula is C19H38N2. The molecule has 2 rings (SSSR count). The zero-order valence-electron chi connectivity index (χ0n) is 15.6. The Labute approximate surface area is 133 Å². The quantitative estimate of drug-likeness (QED) is 0.742. The molecule has 0 aliphatic carbocycles. The van der Waals surface area contributed by atoms with Crippen LogP contribution in [0.3, 0.4) is 0 Å². The summed E-state index contributed by atoms with van der Waals surface area (Å²) in [6, 6.07) is 2.84. The molecule has 21 heavy (non-hydrogen) atoms. The summed E-state index contributed by atoms with van der Waals surface area (Å²) in [5.41, 5.74) is 0. The molecule has 8 atom stereocenters. The molecule has 2 heterocycles. The third kappa shape index (κ3) is 3.32. The molecule has 0 spiro atoms. The molecule has 0 aromatic heterocycles. The van der Waals surface area contributed by atoms with Crippen molar-refractivity contribution in [1.82, 2.24) is 9.80 Å². The largest absolute Gasteiger partial charge is 0.285 e. The molecule has 2 heteroatoms. The van der Waals surface area contributed by atoms with Crippen LogP contribution in [0.5, 0.6) is 0 Å². The minimum Gasteiger partial charge on any atom is -0.285 e. The lowest BCUT2D eigenvalue weighted by Crippen LogP contribution is -2.60. The van der Waals surface area contributed by atoms with Crippen LogP contribution in [0.25, 0.3) is 0 Å². The highest BCUT2D eigenvalue weighted by Gasteiger charge is 2.40. The van der Waals surface area contributed by atoms with Crippen molar-refractivity contribution in [3.8, 4) is 0 Å². The summed E-state index contributed by atoms with van der Waals surface area (Å²) in [5.74, 6) is 3.28. The van der Waals surface area contributed by atoms with Gasteiger partial charge in [-0.3, -0.25) is 9.80 Å². The normalized spacial score (nSPS) is 50.3. The SMILES string of the molecule is CC1C[C@@H](C)C(C)N(CN2C(C)[C@H](C)CC(C)[C@@H]2C)[C@H]1C. The van der Waals surface area contributed by atoms with E-state index in [-0.39, 0.29) is 0 Å². The minimum atomic E-state index is 0.711. The van der Waals surface area contributed by atoms with E-state index in [1.165, 1.54) is 12.8 Å². The molecule has 124 valence electrons. The van der Waals surface area contributed by atoms with Crippen molar-refractivity contribution in [3.63, 3.8) is 0 Å². The maximum absolute atomic E-state index is 2.79. The Hall–Kier alpha value is -0.0800. The van der Waals surface area contributed by atoms with E-state index in [1.807, 2.05) is 0 Å². The highest BCUT2D eigenvalue weighted by molar-refractivity contribution is 4.92. The number of piperidine rings is 2. The highest BCUT2D eigenvalue weighted by Crippen LogP contribution is 2.36. The van der Waals surface area contributed by atoms with Gasteiger partial charge in [-0.1, -0.05) is 27.7 Å². The Bertz CT molecular complexity index is 282. The fourth-order valence-electron chi connectivity index (χ4n) is 4.71. The molecular weight excluding hydrogens is 256 g/mol. The van der Waals surface area contributed by atoms with E-state index in [1.54, 1.807) is 0 Å². The molecule has 0 saturated carbocycles. The van der Waals surface area contributed by atoms with Gasteiger partial charge < -0.3 is 0 Å². The molecule has 2 nitrogen and oxygen atoms in total. The maximum atomic E-state index is 2.79. The maximum Gasteiger partial charge on any atom is 0.0516 e. The van der Waals surface area contributed by atoms with E-state index in [4.69, 9.17) is 0 Å². The Morgan fingerprint density at radius 1 is 0.524 bits per heavy atom. The van der Waals surface area contributed by atoms with Crippen LogP contribution in [0.1, 0.15) is 68.2 Å². The molecule has 0 bridgehead atoms. The van der Waals surface area contributed by atoms with Crippen molar-refractivity contribution >= 4 is 0 Å². The number of hydrogen-bond acceptors (Lipinski definition) is 2. The van der Waals surface area contributed by atoms with E-state index < -0.39 is 0 Å². The van der Waals surface area contributed by atoms with Crippen LogP contribution >= 0.6 is 0 Å². The van der Waals surface area contributed by atoms with Crippen molar-refractivity contribution in [2.24, 2.45) is 23.7 Å². The molecule has 2 saturated heterocycles. The van der Waals surface area contributed by atoms with Gasteiger partial charge in [-0.05, 0) is 64.2 Å². The third-order valence-corrected chi connectivity index (χ3v) is 7.20. The van der Waals surface area contributed by atoms with Gasteiger partial charge in [-0.15, -0.1) is 0 Å². The van der Waals surface area contributed by atoms with Gasteiger partial charge in [0.2, 0.25) is 0 Å². The molecule has 4 unspecified atom stereocenters. The second kappa shape index (κ2) is 6.58. The van der Waals surface area contributed by atoms with Crippen LogP contribution in [0.15, 0.2) is 0 Å². The van der Waals surface area contributed by atoms with E-state index in [2.05, 4.69) is 65.2 Å². The van der Waals surface area contributed by atoms with Crippen LogP contribution in [-0.2, 0) is 0 Å². The summed E-state index contributed by atoms with van der Waals surface area (Å²) in [6.07, 6.45) is 2.77.